The van der Waals surface area contributed by atoms with Crippen molar-refractivity contribution in [2.75, 3.05) is 19.5 Å². The van der Waals surface area contributed by atoms with E-state index < -0.39 is 0 Å². The number of hydrogen-bond acceptors (Lipinski definition) is 5. The lowest BCUT2D eigenvalue weighted by Crippen LogP contribution is -2.22. The number of hydrogen-bond donors (Lipinski definition) is 2. The Bertz CT molecular complexity index is 637. The fourth-order valence-electron chi connectivity index (χ4n) is 1.76. The van der Waals surface area contributed by atoms with Gasteiger partial charge in [-0.25, -0.2) is 4.99 Å². The average molecular weight is 290 g/mol. The van der Waals surface area contributed by atoms with Crippen molar-refractivity contribution in [1.29, 1.82) is 0 Å². The van der Waals surface area contributed by atoms with Gasteiger partial charge in [0.1, 0.15) is 6.54 Å². The number of aromatic nitrogens is 1. The Balaban J connectivity index is 2.03. The molecule has 1 aromatic carbocycles. The number of aliphatic imine (C=N–C) groups is 1. The first-order chi connectivity index (χ1) is 10.1. The normalized spacial score (nSPS) is 11.3. The zero-order chi connectivity index (χ0) is 15.2. The molecule has 21 heavy (non-hydrogen) atoms. The van der Waals surface area contributed by atoms with E-state index in [1.165, 1.54) is 0 Å². The second-order valence-electron chi connectivity index (χ2n) is 4.33. The number of anilines is 1. The summed E-state index contributed by atoms with van der Waals surface area (Å²) in [5.74, 6) is 2.19. The van der Waals surface area contributed by atoms with Crippen molar-refractivity contribution in [2.45, 2.75) is 13.5 Å². The van der Waals surface area contributed by atoms with Crippen LogP contribution in [0, 0.1) is 6.92 Å². The highest BCUT2D eigenvalue weighted by molar-refractivity contribution is 5.92. The molecule has 112 valence electrons. The molecule has 0 atom stereocenters. The van der Waals surface area contributed by atoms with Gasteiger partial charge < -0.3 is 25.0 Å². The Labute approximate surface area is 122 Å². The second-order valence-corrected chi connectivity index (χ2v) is 4.33. The van der Waals surface area contributed by atoms with Crippen LogP contribution in [-0.4, -0.2) is 25.3 Å². The van der Waals surface area contributed by atoms with Crippen LogP contribution in [0.2, 0.25) is 0 Å². The first-order valence-corrected chi connectivity index (χ1v) is 6.33. The van der Waals surface area contributed by atoms with Gasteiger partial charge in [0.2, 0.25) is 0 Å². The summed E-state index contributed by atoms with van der Waals surface area (Å²) in [6.45, 7) is 2.18. The van der Waals surface area contributed by atoms with Crippen molar-refractivity contribution in [3.8, 4) is 11.5 Å². The van der Waals surface area contributed by atoms with Crippen LogP contribution in [0.4, 0.5) is 5.69 Å². The minimum absolute atomic E-state index is 0.274. The third-order valence-corrected chi connectivity index (χ3v) is 2.74. The predicted octanol–water partition coefficient (Wildman–Crippen LogP) is 1.93. The summed E-state index contributed by atoms with van der Waals surface area (Å²) in [5, 5.41) is 6.76. The standard InChI is InChI=1S/C14H18N4O3/c1-9-6-11(21-18-9)8-16-14(15)17-10-4-5-12(19-2)13(7-10)20-3/h4-7H,8H2,1-3H3,(H3,15,16,17). The van der Waals surface area contributed by atoms with Gasteiger partial charge in [0, 0.05) is 17.8 Å². The largest absolute Gasteiger partial charge is 0.493 e. The highest BCUT2D eigenvalue weighted by atomic mass is 16.5. The van der Waals surface area contributed by atoms with Crippen LogP contribution in [0.25, 0.3) is 0 Å². The molecule has 0 bridgehead atoms. The molecule has 0 aliphatic rings. The van der Waals surface area contributed by atoms with Crippen molar-refractivity contribution in [1.82, 2.24) is 5.16 Å². The summed E-state index contributed by atoms with van der Waals surface area (Å²) in [7, 11) is 3.16. The molecule has 7 nitrogen and oxygen atoms in total. The van der Waals surface area contributed by atoms with Gasteiger partial charge in [-0.2, -0.15) is 0 Å². The lowest BCUT2D eigenvalue weighted by molar-refractivity contribution is 0.355. The Morgan fingerprint density at radius 3 is 2.67 bits per heavy atom. The molecule has 2 rings (SSSR count). The molecule has 3 N–H and O–H groups in total. The molecule has 0 amide bonds. The number of nitrogens with zero attached hydrogens (tertiary/aromatic N) is 2. The van der Waals surface area contributed by atoms with Crippen LogP contribution in [-0.2, 0) is 6.54 Å². The van der Waals surface area contributed by atoms with Crippen LogP contribution in [0.3, 0.4) is 0 Å². The van der Waals surface area contributed by atoms with Gasteiger partial charge in [-0.3, -0.25) is 0 Å². The Hall–Kier alpha value is -2.70. The average Bonchev–Trinajstić information content (AvgIpc) is 2.90. The van der Waals surface area contributed by atoms with Gasteiger partial charge in [0.15, 0.2) is 23.2 Å². The lowest BCUT2D eigenvalue weighted by atomic mass is 10.3. The third-order valence-electron chi connectivity index (χ3n) is 2.74. The van der Waals surface area contributed by atoms with E-state index in [0.29, 0.717) is 23.8 Å². The summed E-state index contributed by atoms with van der Waals surface area (Å²) in [5.41, 5.74) is 7.39. The summed E-state index contributed by atoms with van der Waals surface area (Å²) >= 11 is 0. The van der Waals surface area contributed by atoms with Crippen molar-refractivity contribution in [3.63, 3.8) is 0 Å². The monoisotopic (exact) mass is 290 g/mol. The first kappa shape index (κ1) is 14.7. The van der Waals surface area contributed by atoms with Gasteiger partial charge in [-0.15, -0.1) is 0 Å². The molecule has 0 aliphatic heterocycles. The first-order valence-electron chi connectivity index (χ1n) is 6.33. The SMILES string of the molecule is COc1ccc(NC(N)=NCc2cc(C)no2)cc1OC. The van der Waals surface area contributed by atoms with Crippen LogP contribution < -0.4 is 20.5 Å². The van der Waals surface area contributed by atoms with Gasteiger partial charge in [0.05, 0.1) is 19.9 Å². The van der Waals surface area contributed by atoms with Crippen molar-refractivity contribution >= 4 is 11.6 Å². The third kappa shape index (κ3) is 3.88. The lowest BCUT2D eigenvalue weighted by Gasteiger charge is -2.10. The van der Waals surface area contributed by atoms with E-state index in [2.05, 4.69) is 15.5 Å². The molecule has 2 aromatic rings. The van der Waals surface area contributed by atoms with Crippen LogP contribution in [0.15, 0.2) is 33.8 Å². The van der Waals surface area contributed by atoms with Gasteiger partial charge in [-0.05, 0) is 19.1 Å². The second kappa shape index (κ2) is 6.65. The van der Waals surface area contributed by atoms with Gasteiger partial charge in [0.25, 0.3) is 0 Å². The number of rotatable bonds is 5. The summed E-state index contributed by atoms with van der Waals surface area (Å²) in [6.07, 6.45) is 0. The maximum absolute atomic E-state index is 5.83. The number of aryl methyl sites for hydroxylation is 1. The minimum Gasteiger partial charge on any atom is -0.493 e. The molecule has 0 saturated heterocycles. The molecule has 0 aliphatic carbocycles. The molecule has 0 unspecified atom stereocenters. The zero-order valence-corrected chi connectivity index (χ0v) is 12.2. The minimum atomic E-state index is 0.274. The van der Waals surface area contributed by atoms with Crippen LogP contribution in [0.1, 0.15) is 11.5 Å². The fourth-order valence-corrected chi connectivity index (χ4v) is 1.76. The number of benzene rings is 1. The van der Waals surface area contributed by atoms with E-state index in [9.17, 15) is 0 Å². The van der Waals surface area contributed by atoms with E-state index >= 15 is 0 Å². The number of ether oxygens (including phenoxy) is 2. The topological polar surface area (TPSA) is 94.9 Å². The number of nitrogens with two attached hydrogens (primary N) is 1. The molecule has 0 fully saturated rings. The molecule has 0 spiro atoms. The number of guanidine groups is 1. The fraction of sp³-hybridized carbons (Fsp3) is 0.286. The van der Waals surface area contributed by atoms with Crippen molar-refractivity contribution < 1.29 is 14.0 Å². The summed E-state index contributed by atoms with van der Waals surface area (Å²) in [6, 6.07) is 7.20. The molecule has 0 saturated carbocycles. The van der Waals surface area contributed by atoms with Crippen molar-refractivity contribution in [2.24, 2.45) is 10.7 Å². The molecular formula is C14H18N4O3. The van der Waals surface area contributed by atoms with E-state index in [4.69, 9.17) is 19.7 Å². The highest BCUT2D eigenvalue weighted by Gasteiger charge is 2.05. The summed E-state index contributed by atoms with van der Waals surface area (Å²) in [4.78, 5) is 4.18. The molecule has 0 radical (unpaired) electrons. The summed E-state index contributed by atoms with van der Waals surface area (Å²) < 4.78 is 15.4. The number of nitrogens with one attached hydrogen (secondary N) is 1. The van der Waals surface area contributed by atoms with Gasteiger partial charge in [-0.1, -0.05) is 5.16 Å². The van der Waals surface area contributed by atoms with Crippen LogP contribution >= 0.6 is 0 Å². The maximum atomic E-state index is 5.83. The Kier molecular flexibility index (Phi) is 4.65. The van der Waals surface area contributed by atoms with E-state index in [1.54, 1.807) is 26.4 Å². The quantitative estimate of drug-likeness (QED) is 0.645. The Morgan fingerprint density at radius 2 is 2.05 bits per heavy atom. The maximum Gasteiger partial charge on any atom is 0.193 e. The van der Waals surface area contributed by atoms with E-state index in [1.807, 2.05) is 19.1 Å². The highest BCUT2D eigenvalue weighted by Crippen LogP contribution is 2.29. The Morgan fingerprint density at radius 1 is 1.29 bits per heavy atom. The van der Waals surface area contributed by atoms with E-state index in [-0.39, 0.29) is 5.96 Å². The van der Waals surface area contributed by atoms with E-state index in [0.717, 1.165) is 11.4 Å². The molecule has 7 heteroatoms. The molecule has 1 heterocycles. The predicted molar refractivity (Wildman–Crippen MR) is 79.7 cm³/mol. The van der Waals surface area contributed by atoms with Crippen LogP contribution in [0.5, 0.6) is 11.5 Å². The number of methoxy groups -OCH3 is 2. The molecule has 1 aromatic heterocycles. The smallest absolute Gasteiger partial charge is 0.193 e. The van der Waals surface area contributed by atoms with Crippen molar-refractivity contribution in [3.05, 3.63) is 35.7 Å². The molecular weight excluding hydrogens is 272 g/mol. The zero-order valence-electron chi connectivity index (χ0n) is 12.2. The van der Waals surface area contributed by atoms with Gasteiger partial charge >= 0.3 is 0 Å².